The molecule has 0 spiro atoms. The van der Waals surface area contributed by atoms with Crippen molar-refractivity contribution in [3.63, 3.8) is 0 Å². The van der Waals surface area contributed by atoms with E-state index in [4.69, 9.17) is 16.0 Å². The molecule has 3 rings (SSSR count). The van der Waals surface area contributed by atoms with Crippen molar-refractivity contribution in [3.05, 3.63) is 23.1 Å². The Labute approximate surface area is 130 Å². The van der Waals surface area contributed by atoms with E-state index in [9.17, 15) is 9.90 Å². The van der Waals surface area contributed by atoms with Crippen LogP contribution in [-0.2, 0) is 0 Å². The third-order valence-corrected chi connectivity index (χ3v) is 5.41. The molecule has 5 heteroatoms. The number of amides is 1. The highest BCUT2D eigenvalue weighted by molar-refractivity contribution is 6.32. The van der Waals surface area contributed by atoms with Crippen molar-refractivity contribution >= 4 is 17.5 Å². The second kappa shape index (κ2) is 5.65. The molecule has 2 heterocycles. The Kier molecular flexibility index (Phi) is 4.02. The third kappa shape index (κ3) is 2.71. The van der Waals surface area contributed by atoms with Crippen LogP contribution in [0.4, 0.5) is 0 Å². The molecule has 1 aliphatic carbocycles. The summed E-state index contributed by atoms with van der Waals surface area (Å²) in [6.07, 6.45) is 7.39. The predicted octanol–water partition coefficient (Wildman–Crippen LogP) is 3.48. The third-order valence-electron chi connectivity index (χ3n) is 5.12. The molecule has 1 amide bonds. The molecular formula is C16H22ClNO3. The van der Waals surface area contributed by atoms with Crippen molar-refractivity contribution in [3.8, 4) is 0 Å². The van der Waals surface area contributed by atoms with E-state index in [0.29, 0.717) is 5.56 Å². The number of halogens is 1. The van der Waals surface area contributed by atoms with E-state index in [1.807, 2.05) is 11.8 Å². The number of hydrogen-bond acceptors (Lipinski definition) is 3. The summed E-state index contributed by atoms with van der Waals surface area (Å²) < 4.78 is 5.04. The smallest absolute Gasteiger partial charge is 0.258 e. The van der Waals surface area contributed by atoms with E-state index in [0.717, 1.165) is 45.1 Å². The first kappa shape index (κ1) is 14.9. The lowest BCUT2D eigenvalue weighted by atomic mass is 9.72. The van der Waals surface area contributed by atoms with Crippen LogP contribution in [0.2, 0.25) is 5.22 Å². The molecule has 1 N–H and O–H groups in total. The standard InChI is InChI=1S/C16H22ClNO3/c1-16(20)8-3-2-5-12(16)13-6-4-9-18(13)15(19)11-7-10-21-14(11)17/h7,10,12-13,20H,2-6,8-9H2,1H3. The van der Waals surface area contributed by atoms with Crippen LogP contribution < -0.4 is 0 Å². The fraction of sp³-hybridized carbons (Fsp3) is 0.688. The first-order valence-electron chi connectivity index (χ1n) is 7.77. The lowest BCUT2D eigenvalue weighted by Crippen LogP contribution is -2.50. The Bertz CT molecular complexity index is 525. The zero-order valence-electron chi connectivity index (χ0n) is 12.3. The van der Waals surface area contributed by atoms with Gasteiger partial charge in [0.2, 0.25) is 5.22 Å². The monoisotopic (exact) mass is 311 g/mol. The number of carbonyl (C=O) groups excluding carboxylic acids is 1. The molecule has 1 aromatic heterocycles. The first-order valence-corrected chi connectivity index (χ1v) is 8.15. The summed E-state index contributed by atoms with van der Waals surface area (Å²) in [4.78, 5) is 14.6. The van der Waals surface area contributed by atoms with E-state index >= 15 is 0 Å². The highest BCUT2D eigenvalue weighted by Gasteiger charge is 2.45. The van der Waals surface area contributed by atoms with Crippen molar-refractivity contribution in [2.45, 2.75) is 57.1 Å². The van der Waals surface area contributed by atoms with Gasteiger partial charge in [-0.2, -0.15) is 0 Å². The highest BCUT2D eigenvalue weighted by Crippen LogP contribution is 2.41. The van der Waals surface area contributed by atoms with Crippen LogP contribution in [0.3, 0.4) is 0 Å². The van der Waals surface area contributed by atoms with Crippen molar-refractivity contribution < 1.29 is 14.3 Å². The second-order valence-electron chi connectivity index (χ2n) is 6.53. The lowest BCUT2D eigenvalue weighted by molar-refractivity contribution is -0.0577. The topological polar surface area (TPSA) is 53.7 Å². The van der Waals surface area contributed by atoms with Crippen molar-refractivity contribution in [1.82, 2.24) is 4.90 Å². The maximum absolute atomic E-state index is 12.7. The normalized spacial score (nSPS) is 33.4. The van der Waals surface area contributed by atoms with Crippen LogP contribution >= 0.6 is 11.6 Å². The fourth-order valence-electron chi connectivity index (χ4n) is 4.01. The van der Waals surface area contributed by atoms with Gasteiger partial charge in [0.05, 0.1) is 17.4 Å². The Hall–Kier alpha value is -1.00. The van der Waals surface area contributed by atoms with Crippen LogP contribution in [0.1, 0.15) is 55.8 Å². The fourth-order valence-corrected chi connectivity index (χ4v) is 4.21. The van der Waals surface area contributed by atoms with Gasteiger partial charge in [-0.1, -0.05) is 12.8 Å². The largest absolute Gasteiger partial charge is 0.452 e. The van der Waals surface area contributed by atoms with Gasteiger partial charge in [0.15, 0.2) is 0 Å². The maximum atomic E-state index is 12.7. The molecular weight excluding hydrogens is 290 g/mol. The predicted molar refractivity (Wildman–Crippen MR) is 80.4 cm³/mol. The molecule has 1 aromatic rings. The molecule has 1 aliphatic heterocycles. The van der Waals surface area contributed by atoms with Crippen molar-refractivity contribution in [2.75, 3.05) is 6.54 Å². The average molecular weight is 312 g/mol. The quantitative estimate of drug-likeness (QED) is 0.909. The molecule has 2 aliphatic rings. The number of furan rings is 1. The molecule has 3 unspecified atom stereocenters. The second-order valence-corrected chi connectivity index (χ2v) is 6.87. The van der Waals surface area contributed by atoms with E-state index in [1.54, 1.807) is 6.07 Å². The minimum Gasteiger partial charge on any atom is -0.452 e. The van der Waals surface area contributed by atoms with E-state index in [-0.39, 0.29) is 23.1 Å². The lowest BCUT2D eigenvalue weighted by Gasteiger charge is -2.43. The summed E-state index contributed by atoms with van der Waals surface area (Å²) in [5.74, 6) is 0.0843. The first-order chi connectivity index (χ1) is 10.0. The molecule has 116 valence electrons. The molecule has 2 fully saturated rings. The van der Waals surface area contributed by atoms with Crippen LogP contribution in [0.5, 0.6) is 0 Å². The van der Waals surface area contributed by atoms with Gasteiger partial charge in [0.25, 0.3) is 5.91 Å². The van der Waals surface area contributed by atoms with E-state index < -0.39 is 5.60 Å². The molecule has 1 saturated carbocycles. The Morgan fingerprint density at radius 3 is 2.90 bits per heavy atom. The van der Waals surface area contributed by atoms with Crippen LogP contribution in [0, 0.1) is 5.92 Å². The van der Waals surface area contributed by atoms with Gasteiger partial charge in [-0.15, -0.1) is 0 Å². The molecule has 4 nitrogen and oxygen atoms in total. The Balaban J connectivity index is 1.82. The zero-order valence-corrected chi connectivity index (χ0v) is 13.1. The summed E-state index contributed by atoms with van der Waals surface area (Å²) >= 11 is 5.94. The minimum atomic E-state index is -0.675. The number of likely N-dealkylation sites (tertiary alicyclic amines) is 1. The zero-order chi connectivity index (χ0) is 15.0. The van der Waals surface area contributed by atoms with Crippen LogP contribution in [0.25, 0.3) is 0 Å². The number of aliphatic hydroxyl groups is 1. The average Bonchev–Trinajstić information content (AvgIpc) is 3.06. The number of carbonyl (C=O) groups is 1. The Morgan fingerprint density at radius 1 is 1.43 bits per heavy atom. The van der Waals surface area contributed by atoms with Gasteiger partial charge >= 0.3 is 0 Å². The van der Waals surface area contributed by atoms with E-state index in [2.05, 4.69) is 0 Å². The Morgan fingerprint density at radius 2 is 2.24 bits per heavy atom. The molecule has 0 aromatic carbocycles. The molecule has 0 radical (unpaired) electrons. The van der Waals surface area contributed by atoms with Gasteiger partial charge in [-0.25, -0.2) is 0 Å². The summed E-state index contributed by atoms with van der Waals surface area (Å²) in [5.41, 5.74) is -0.245. The molecule has 3 atom stereocenters. The highest BCUT2D eigenvalue weighted by atomic mass is 35.5. The van der Waals surface area contributed by atoms with Gasteiger partial charge in [0.1, 0.15) is 0 Å². The van der Waals surface area contributed by atoms with Gasteiger partial charge in [0, 0.05) is 18.5 Å². The SMILES string of the molecule is CC1(O)CCCCC1C1CCCN1C(=O)c1ccoc1Cl. The summed E-state index contributed by atoms with van der Waals surface area (Å²) in [7, 11) is 0. The van der Waals surface area contributed by atoms with Crippen LogP contribution in [-0.4, -0.2) is 34.1 Å². The van der Waals surface area contributed by atoms with Crippen molar-refractivity contribution in [2.24, 2.45) is 5.92 Å². The molecule has 0 bridgehead atoms. The summed E-state index contributed by atoms with van der Waals surface area (Å²) in [6.45, 7) is 2.65. The van der Waals surface area contributed by atoms with Gasteiger partial charge in [-0.05, 0) is 50.3 Å². The number of nitrogens with zero attached hydrogens (tertiary/aromatic N) is 1. The van der Waals surface area contributed by atoms with E-state index in [1.165, 1.54) is 6.26 Å². The van der Waals surface area contributed by atoms with Crippen molar-refractivity contribution in [1.29, 1.82) is 0 Å². The molecule has 21 heavy (non-hydrogen) atoms. The van der Waals surface area contributed by atoms with Crippen LogP contribution in [0.15, 0.2) is 16.7 Å². The summed E-state index contributed by atoms with van der Waals surface area (Å²) in [5, 5.41) is 10.9. The maximum Gasteiger partial charge on any atom is 0.258 e. The number of hydrogen-bond donors (Lipinski definition) is 1. The minimum absolute atomic E-state index is 0.0716. The molecule has 1 saturated heterocycles. The summed E-state index contributed by atoms with van der Waals surface area (Å²) in [6, 6.07) is 1.73. The number of rotatable bonds is 2. The van der Waals surface area contributed by atoms with Gasteiger partial charge in [-0.3, -0.25) is 4.79 Å². The van der Waals surface area contributed by atoms with Gasteiger partial charge < -0.3 is 14.4 Å².